The van der Waals surface area contributed by atoms with Crippen LogP contribution in [0, 0.1) is 0 Å². The number of amides is 2. The van der Waals surface area contributed by atoms with Crippen molar-refractivity contribution in [3.8, 4) is 0 Å². The summed E-state index contributed by atoms with van der Waals surface area (Å²) in [5, 5.41) is 0. The molecule has 0 aromatic carbocycles. The molecule has 28 heavy (non-hydrogen) atoms. The summed E-state index contributed by atoms with van der Waals surface area (Å²) < 4.78 is 20.1. The predicted octanol–water partition coefficient (Wildman–Crippen LogP) is 3.21. The molecule has 0 fully saturated rings. The lowest BCUT2D eigenvalue weighted by Gasteiger charge is -2.32. The van der Waals surface area contributed by atoms with E-state index in [0.29, 0.717) is 4.90 Å². The number of ether oxygens (including phenoxy) is 4. The molecule has 9 nitrogen and oxygen atoms in total. The van der Waals surface area contributed by atoms with Gasteiger partial charge in [-0.25, -0.2) is 14.4 Å². The molecule has 0 saturated heterocycles. The molecule has 0 heterocycles. The van der Waals surface area contributed by atoms with Crippen LogP contribution in [-0.2, 0) is 28.5 Å². The second-order valence-corrected chi connectivity index (χ2v) is 7.88. The lowest BCUT2D eigenvalue weighted by atomic mass is 10.1. The van der Waals surface area contributed by atoms with Crippen LogP contribution in [0.2, 0.25) is 0 Å². The Bertz CT molecular complexity index is 558. The molecule has 0 N–H and O–H groups in total. The van der Waals surface area contributed by atoms with E-state index in [1.54, 1.807) is 41.5 Å². The first-order valence-corrected chi connectivity index (χ1v) is 8.81. The number of hydrogen-bond donors (Lipinski definition) is 0. The van der Waals surface area contributed by atoms with Crippen LogP contribution in [0.3, 0.4) is 0 Å². The third kappa shape index (κ3) is 9.94. The molecule has 0 bridgehead atoms. The third-order valence-electron chi connectivity index (χ3n) is 2.96. The van der Waals surface area contributed by atoms with Crippen molar-refractivity contribution in [2.45, 2.75) is 71.6 Å². The van der Waals surface area contributed by atoms with Crippen LogP contribution in [-0.4, -0.2) is 60.0 Å². The number of esters is 2. The number of imide groups is 1. The number of hydrogen-bond acceptors (Lipinski definition) is 8. The molecule has 160 valence electrons. The van der Waals surface area contributed by atoms with Gasteiger partial charge in [0.05, 0.1) is 7.11 Å². The van der Waals surface area contributed by atoms with Gasteiger partial charge in [0.2, 0.25) is 0 Å². The SMILES string of the molecule is C=CCOC(=O)[C@H](CCC(=O)OC)N(C(=O)OC(C)(C)C)C(=O)OC(C)(C)C. The largest absolute Gasteiger partial charge is 0.469 e. The quantitative estimate of drug-likeness (QED) is 0.363. The Hall–Kier alpha value is -2.58. The normalized spacial score (nSPS) is 12.4. The zero-order valence-corrected chi connectivity index (χ0v) is 17.7. The van der Waals surface area contributed by atoms with Crippen LogP contribution < -0.4 is 0 Å². The van der Waals surface area contributed by atoms with Gasteiger partial charge in [-0.2, -0.15) is 4.90 Å². The highest BCUT2D eigenvalue weighted by Gasteiger charge is 2.41. The minimum absolute atomic E-state index is 0.135. The Balaban J connectivity index is 5.90. The van der Waals surface area contributed by atoms with Crippen LogP contribution in [0.5, 0.6) is 0 Å². The molecule has 0 saturated carbocycles. The van der Waals surface area contributed by atoms with Crippen molar-refractivity contribution in [3.63, 3.8) is 0 Å². The first-order chi connectivity index (χ1) is 12.7. The molecule has 0 rings (SSSR count). The molecule has 0 unspecified atom stereocenters. The second kappa shape index (κ2) is 10.7. The molecule has 0 aromatic heterocycles. The van der Waals surface area contributed by atoms with Crippen molar-refractivity contribution in [2.75, 3.05) is 13.7 Å². The molecule has 0 aliphatic heterocycles. The Morgan fingerprint density at radius 1 is 0.964 bits per heavy atom. The van der Waals surface area contributed by atoms with E-state index < -0.39 is 41.4 Å². The van der Waals surface area contributed by atoms with Gasteiger partial charge in [-0.15, -0.1) is 0 Å². The smallest absolute Gasteiger partial charge is 0.420 e. The van der Waals surface area contributed by atoms with E-state index >= 15 is 0 Å². The van der Waals surface area contributed by atoms with Gasteiger partial charge < -0.3 is 18.9 Å². The van der Waals surface area contributed by atoms with Crippen LogP contribution >= 0.6 is 0 Å². The average Bonchev–Trinajstić information content (AvgIpc) is 2.52. The fourth-order valence-corrected chi connectivity index (χ4v) is 1.90. The summed E-state index contributed by atoms with van der Waals surface area (Å²) in [6.45, 7) is 13.0. The molecule has 0 aliphatic rings. The molecule has 1 atom stereocenters. The predicted molar refractivity (Wildman–Crippen MR) is 101 cm³/mol. The summed E-state index contributed by atoms with van der Waals surface area (Å²) in [7, 11) is 1.19. The summed E-state index contributed by atoms with van der Waals surface area (Å²) in [5.74, 6) is -1.52. The zero-order chi connectivity index (χ0) is 22.1. The van der Waals surface area contributed by atoms with Gasteiger partial charge in [-0.05, 0) is 48.0 Å². The summed E-state index contributed by atoms with van der Waals surface area (Å²) in [4.78, 5) is 49.9. The molecule has 0 aromatic rings. The first kappa shape index (κ1) is 25.4. The Morgan fingerprint density at radius 3 is 1.79 bits per heavy atom. The van der Waals surface area contributed by atoms with Gasteiger partial charge in [0.25, 0.3) is 0 Å². The number of nitrogens with zero attached hydrogens (tertiary/aromatic N) is 1. The van der Waals surface area contributed by atoms with Gasteiger partial charge in [-0.3, -0.25) is 4.79 Å². The van der Waals surface area contributed by atoms with E-state index in [-0.39, 0.29) is 19.4 Å². The van der Waals surface area contributed by atoms with E-state index in [1.165, 1.54) is 13.2 Å². The summed E-state index contributed by atoms with van der Waals surface area (Å²) in [5.41, 5.74) is -1.87. The van der Waals surface area contributed by atoms with Crippen molar-refractivity contribution in [1.29, 1.82) is 0 Å². The fourth-order valence-electron chi connectivity index (χ4n) is 1.90. The fraction of sp³-hybridized carbons (Fsp3) is 0.684. The maximum Gasteiger partial charge on any atom is 0.420 e. The van der Waals surface area contributed by atoms with Crippen LogP contribution in [0.25, 0.3) is 0 Å². The molecule has 9 heteroatoms. The number of methoxy groups -OCH3 is 1. The lowest BCUT2D eigenvalue weighted by Crippen LogP contribution is -2.52. The van der Waals surface area contributed by atoms with Crippen molar-refractivity contribution < 1.29 is 38.1 Å². The topological polar surface area (TPSA) is 108 Å². The van der Waals surface area contributed by atoms with Crippen molar-refractivity contribution in [2.24, 2.45) is 0 Å². The summed E-state index contributed by atoms with van der Waals surface area (Å²) in [6.07, 6.45) is -1.30. The first-order valence-electron chi connectivity index (χ1n) is 8.81. The van der Waals surface area contributed by atoms with E-state index in [9.17, 15) is 19.2 Å². The minimum atomic E-state index is -1.44. The molecular formula is C19H31NO8. The summed E-state index contributed by atoms with van der Waals surface area (Å²) in [6, 6.07) is -1.44. The molecule has 0 aliphatic carbocycles. The minimum Gasteiger partial charge on any atom is -0.469 e. The summed E-state index contributed by atoms with van der Waals surface area (Å²) >= 11 is 0. The van der Waals surface area contributed by atoms with Crippen molar-refractivity contribution >= 4 is 24.1 Å². The van der Waals surface area contributed by atoms with E-state index in [2.05, 4.69) is 11.3 Å². The van der Waals surface area contributed by atoms with Crippen LogP contribution in [0.4, 0.5) is 9.59 Å². The van der Waals surface area contributed by atoms with Crippen molar-refractivity contribution in [1.82, 2.24) is 4.90 Å². The highest BCUT2D eigenvalue weighted by atomic mass is 16.6. The van der Waals surface area contributed by atoms with Gasteiger partial charge in [-0.1, -0.05) is 12.7 Å². The van der Waals surface area contributed by atoms with Gasteiger partial charge in [0.15, 0.2) is 0 Å². The van der Waals surface area contributed by atoms with E-state index in [0.717, 1.165) is 0 Å². The molecule has 2 amide bonds. The average molecular weight is 401 g/mol. The Labute approximate surface area is 165 Å². The number of carbonyl (C=O) groups is 4. The standard InChI is InChI=1S/C19H31NO8/c1-9-12-26-15(22)13(10-11-14(21)25-8)20(16(23)27-18(2,3)4)17(24)28-19(5,6)7/h9,13H,1,10-12H2,2-8H3/t13-/m0/s1. The van der Waals surface area contributed by atoms with Crippen LogP contribution in [0.15, 0.2) is 12.7 Å². The number of carbonyl (C=O) groups excluding carboxylic acids is 4. The second-order valence-electron chi connectivity index (χ2n) is 7.88. The third-order valence-corrected chi connectivity index (χ3v) is 2.96. The number of rotatable bonds is 7. The molecular weight excluding hydrogens is 370 g/mol. The van der Waals surface area contributed by atoms with E-state index in [4.69, 9.17) is 14.2 Å². The zero-order valence-electron chi connectivity index (χ0n) is 17.7. The van der Waals surface area contributed by atoms with Crippen molar-refractivity contribution in [3.05, 3.63) is 12.7 Å². The lowest BCUT2D eigenvalue weighted by molar-refractivity contribution is -0.149. The Kier molecular flexibility index (Phi) is 9.69. The maximum absolute atomic E-state index is 12.7. The monoisotopic (exact) mass is 401 g/mol. The van der Waals surface area contributed by atoms with Crippen LogP contribution in [0.1, 0.15) is 54.4 Å². The van der Waals surface area contributed by atoms with Gasteiger partial charge >= 0.3 is 24.1 Å². The molecule has 0 radical (unpaired) electrons. The van der Waals surface area contributed by atoms with Gasteiger partial charge in [0, 0.05) is 6.42 Å². The molecule has 0 spiro atoms. The Morgan fingerprint density at radius 2 is 1.43 bits per heavy atom. The van der Waals surface area contributed by atoms with E-state index in [1.807, 2.05) is 0 Å². The van der Waals surface area contributed by atoms with Gasteiger partial charge in [0.1, 0.15) is 23.9 Å². The maximum atomic E-state index is 12.7. The highest BCUT2D eigenvalue weighted by molar-refractivity contribution is 5.94. The highest BCUT2D eigenvalue weighted by Crippen LogP contribution is 2.20.